The smallest absolute Gasteiger partial charge is 0.246 e. The number of likely N-dealkylation sites (tertiary alicyclic amines) is 1. The van der Waals surface area contributed by atoms with Crippen molar-refractivity contribution in [3.63, 3.8) is 0 Å². The number of carbonyl (C=O) groups is 4. The van der Waals surface area contributed by atoms with Gasteiger partial charge in [-0.25, -0.2) is 0 Å². The van der Waals surface area contributed by atoms with Gasteiger partial charge in [0.15, 0.2) is 5.78 Å². The molecule has 25 heavy (non-hydrogen) atoms. The summed E-state index contributed by atoms with van der Waals surface area (Å²) in [7, 11) is 0. The summed E-state index contributed by atoms with van der Waals surface area (Å²) in [6.45, 7) is 3.98. The first-order chi connectivity index (χ1) is 11.7. The van der Waals surface area contributed by atoms with Crippen molar-refractivity contribution in [2.75, 3.05) is 18.6 Å². The van der Waals surface area contributed by atoms with Gasteiger partial charge in [-0.1, -0.05) is 0 Å². The Kier molecular flexibility index (Phi) is 8.37. The number of carbonyl (C=O) groups excluding carboxylic acids is 4. The highest BCUT2D eigenvalue weighted by molar-refractivity contribution is 7.98. The summed E-state index contributed by atoms with van der Waals surface area (Å²) in [6.07, 6.45) is 2.71. The maximum Gasteiger partial charge on any atom is 0.246 e. The Bertz CT molecular complexity index is 528. The van der Waals surface area contributed by atoms with Crippen LogP contribution in [0.3, 0.4) is 0 Å². The van der Waals surface area contributed by atoms with Crippen LogP contribution in [0.5, 0.6) is 0 Å². The molecular formula is C16H27N3O5S. The number of Topliss-reactive ketones (excluding diaryl/α,β-unsaturated/α-hetero) is 1. The molecule has 0 aromatic rings. The lowest BCUT2D eigenvalue weighted by Crippen LogP contribution is -2.53. The number of amides is 3. The van der Waals surface area contributed by atoms with Crippen molar-refractivity contribution in [3.8, 4) is 0 Å². The first kappa shape index (κ1) is 21.4. The van der Waals surface area contributed by atoms with E-state index in [0.717, 1.165) is 0 Å². The van der Waals surface area contributed by atoms with E-state index in [-0.39, 0.29) is 23.6 Å². The van der Waals surface area contributed by atoms with Crippen LogP contribution in [0.4, 0.5) is 0 Å². The average molecular weight is 373 g/mol. The molecule has 1 aliphatic heterocycles. The molecule has 1 fully saturated rings. The topological polar surface area (TPSA) is 116 Å². The minimum Gasteiger partial charge on any atom is -0.394 e. The molecule has 1 aliphatic rings. The summed E-state index contributed by atoms with van der Waals surface area (Å²) in [5.41, 5.74) is 0. The van der Waals surface area contributed by atoms with E-state index in [0.29, 0.717) is 18.6 Å². The van der Waals surface area contributed by atoms with Gasteiger partial charge in [0.1, 0.15) is 18.1 Å². The summed E-state index contributed by atoms with van der Waals surface area (Å²) >= 11 is 1.56. The first-order valence-electron chi connectivity index (χ1n) is 8.22. The second kappa shape index (κ2) is 9.76. The van der Waals surface area contributed by atoms with Crippen molar-refractivity contribution in [2.45, 2.75) is 57.8 Å². The fourth-order valence-electron chi connectivity index (χ4n) is 2.97. The molecule has 4 unspecified atom stereocenters. The molecular weight excluding hydrogens is 346 g/mol. The number of thioether (sulfide) groups is 1. The van der Waals surface area contributed by atoms with Crippen molar-refractivity contribution in [1.29, 1.82) is 0 Å². The molecule has 1 saturated heterocycles. The third-order valence-electron chi connectivity index (χ3n) is 4.20. The van der Waals surface area contributed by atoms with E-state index in [1.54, 1.807) is 18.7 Å². The van der Waals surface area contributed by atoms with E-state index >= 15 is 0 Å². The lowest BCUT2D eigenvalue weighted by molar-refractivity contribution is -0.140. The molecule has 0 saturated carbocycles. The monoisotopic (exact) mass is 373 g/mol. The van der Waals surface area contributed by atoms with Gasteiger partial charge in [-0.3, -0.25) is 19.2 Å². The normalized spacial score (nSPS) is 22.4. The minimum atomic E-state index is -0.896. The van der Waals surface area contributed by atoms with Gasteiger partial charge < -0.3 is 20.6 Å². The average Bonchev–Trinajstić information content (AvgIpc) is 2.79. The molecule has 8 nitrogen and oxygen atoms in total. The van der Waals surface area contributed by atoms with Crippen LogP contribution in [0.25, 0.3) is 0 Å². The van der Waals surface area contributed by atoms with Gasteiger partial charge in [-0.2, -0.15) is 11.8 Å². The third kappa shape index (κ3) is 5.71. The van der Waals surface area contributed by atoms with Gasteiger partial charge in [-0.15, -0.1) is 0 Å². The Balaban J connectivity index is 2.80. The number of aliphatic hydroxyl groups excluding tert-OH is 1. The number of ketones is 1. The molecule has 4 atom stereocenters. The van der Waals surface area contributed by atoms with Crippen LogP contribution in [-0.4, -0.2) is 76.3 Å². The number of aliphatic hydroxyl groups is 1. The SMILES string of the molecule is CSCCC(NC(C)=O)C(=O)NC1CC(C)N(C(CO)C(C)=O)C1=O. The Hall–Kier alpha value is -1.61. The summed E-state index contributed by atoms with van der Waals surface area (Å²) < 4.78 is 0. The molecule has 142 valence electrons. The van der Waals surface area contributed by atoms with Gasteiger partial charge in [-0.05, 0) is 38.7 Å². The number of rotatable bonds is 9. The molecule has 3 amide bonds. The maximum atomic E-state index is 12.6. The summed E-state index contributed by atoms with van der Waals surface area (Å²) in [6, 6.07) is -2.64. The summed E-state index contributed by atoms with van der Waals surface area (Å²) in [4.78, 5) is 49.3. The van der Waals surface area contributed by atoms with E-state index in [1.165, 1.54) is 18.7 Å². The Labute approximate surface area is 152 Å². The zero-order chi connectivity index (χ0) is 19.1. The number of hydrogen-bond acceptors (Lipinski definition) is 6. The van der Waals surface area contributed by atoms with E-state index in [4.69, 9.17) is 0 Å². The summed E-state index contributed by atoms with van der Waals surface area (Å²) in [5.74, 6) is -0.727. The van der Waals surface area contributed by atoms with Crippen LogP contribution in [-0.2, 0) is 19.2 Å². The van der Waals surface area contributed by atoms with Gasteiger partial charge in [0.2, 0.25) is 17.7 Å². The van der Waals surface area contributed by atoms with Crippen molar-refractivity contribution >= 4 is 35.3 Å². The quantitative estimate of drug-likeness (QED) is 0.492. The van der Waals surface area contributed by atoms with Crippen LogP contribution in [0.1, 0.15) is 33.6 Å². The standard InChI is InChI=1S/C16H27N3O5S/c1-9-7-13(16(24)19(9)14(8-20)10(2)21)18-15(23)12(5-6-25-4)17-11(3)22/h9,12-14,20H,5-8H2,1-4H3,(H,17,22)(H,18,23). The van der Waals surface area contributed by atoms with Gasteiger partial charge in [0.25, 0.3) is 0 Å². The predicted molar refractivity (Wildman–Crippen MR) is 95.0 cm³/mol. The zero-order valence-corrected chi connectivity index (χ0v) is 15.9. The van der Waals surface area contributed by atoms with E-state index in [2.05, 4.69) is 10.6 Å². The molecule has 0 aromatic heterocycles. The number of nitrogens with zero attached hydrogens (tertiary/aromatic N) is 1. The lowest BCUT2D eigenvalue weighted by atomic mass is 10.1. The Morgan fingerprint density at radius 1 is 1.36 bits per heavy atom. The lowest BCUT2D eigenvalue weighted by Gasteiger charge is -2.28. The Morgan fingerprint density at radius 2 is 2.00 bits per heavy atom. The first-order valence-corrected chi connectivity index (χ1v) is 9.62. The fraction of sp³-hybridized carbons (Fsp3) is 0.750. The van der Waals surface area contributed by atoms with Crippen LogP contribution >= 0.6 is 11.8 Å². The van der Waals surface area contributed by atoms with Crippen molar-refractivity contribution < 1.29 is 24.3 Å². The van der Waals surface area contributed by atoms with Crippen molar-refractivity contribution in [2.24, 2.45) is 0 Å². The molecule has 0 spiro atoms. The highest BCUT2D eigenvalue weighted by Gasteiger charge is 2.43. The molecule has 3 N–H and O–H groups in total. The van der Waals surface area contributed by atoms with Crippen LogP contribution in [0.15, 0.2) is 0 Å². The molecule has 1 heterocycles. The third-order valence-corrected chi connectivity index (χ3v) is 4.85. The van der Waals surface area contributed by atoms with Crippen molar-refractivity contribution in [3.05, 3.63) is 0 Å². The number of hydrogen-bond donors (Lipinski definition) is 3. The van der Waals surface area contributed by atoms with E-state index < -0.39 is 30.6 Å². The van der Waals surface area contributed by atoms with Crippen LogP contribution < -0.4 is 10.6 Å². The van der Waals surface area contributed by atoms with Crippen molar-refractivity contribution in [1.82, 2.24) is 15.5 Å². The predicted octanol–water partition coefficient (Wildman–Crippen LogP) is -0.700. The highest BCUT2D eigenvalue weighted by Crippen LogP contribution is 2.22. The number of nitrogens with one attached hydrogen (secondary N) is 2. The second-order valence-corrected chi connectivity index (χ2v) is 7.22. The maximum absolute atomic E-state index is 12.6. The zero-order valence-electron chi connectivity index (χ0n) is 15.1. The second-order valence-electron chi connectivity index (χ2n) is 6.24. The molecule has 9 heteroatoms. The Morgan fingerprint density at radius 3 is 2.48 bits per heavy atom. The fourth-order valence-corrected chi connectivity index (χ4v) is 3.44. The summed E-state index contributed by atoms with van der Waals surface area (Å²) in [5, 5.41) is 14.7. The van der Waals surface area contributed by atoms with Gasteiger partial charge in [0, 0.05) is 13.0 Å². The molecule has 1 rings (SSSR count). The highest BCUT2D eigenvalue weighted by atomic mass is 32.2. The van der Waals surface area contributed by atoms with E-state index in [1.807, 2.05) is 6.26 Å². The molecule has 0 aromatic carbocycles. The van der Waals surface area contributed by atoms with Crippen LogP contribution in [0, 0.1) is 0 Å². The van der Waals surface area contributed by atoms with Crippen LogP contribution in [0.2, 0.25) is 0 Å². The molecule has 0 aliphatic carbocycles. The largest absolute Gasteiger partial charge is 0.394 e. The molecule has 0 radical (unpaired) electrons. The van der Waals surface area contributed by atoms with Gasteiger partial charge in [0.05, 0.1) is 6.61 Å². The minimum absolute atomic E-state index is 0.274. The van der Waals surface area contributed by atoms with Gasteiger partial charge >= 0.3 is 0 Å². The molecule has 0 bridgehead atoms. The van der Waals surface area contributed by atoms with E-state index in [9.17, 15) is 24.3 Å².